The number of anilines is 2. The van der Waals surface area contributed by atoms with Crippen molar-refractivity contribution in [2.45, 2.75) is 6.42 Å². The Bertz CT molecular complexity index is 1210. The summed E-state index contributed by atoms with van der Waals surface area (Å²) in [5.41, 5.74) is 4.11. The second-order valence-electron chi connectivity index (χ2n) is 6.71. The van der Waals surface area contributed by atoms with Crippen molar-refractivity contribution in [1.29, 1.82) is 0 Å². The lowest BCUT2D eigenvalue weighted by atomic mass is 10.0. The highest BCUT2D eigenvalue weighted by molar-refractivity contribution is 6.11. The molecule has 5 rings (SSSR count). The number of benzene rings is 3. The molecule has 4 aromatic rings. The van der Waals surface area contributed by atoms with E-state index >= 15 is 0 Å². The van der Waals surface area contributed by atoms with Crippen LogP contribution in [0.3, 0.4) is 0 Å². The topological polar surface area (TPSA) is 81.2 Å². The Hall–Kier alpha value is -3.54. The van der Waals surface area contributed by atoms with E-state index in [2.05, 4.69) is 15.3 Å². The molecule has 6 heteroatoms. The van der Waals surface area contributed by atoms with Gasteiger partial charge in [-0.1, -0.05) is 24.3 Å². The molecule has 27 heavy (non-hydrogen) atoms. The van der Waals surface area contributed by atoms with E-state index in [1.165, 1.54) is 0 Å². The fourth-order valence-corrected chi connectivity index (χ4v) is 3.88. The van der Waals surface area contributed by atoms with Crippen molar-refractivity contribution in [2.24, 2.45) is 0 Å². The second kappa shape index (κ2) is 5.74. The fraction of sp³-hybridized carbons (Fsp3) is 0.143. The molecule has 0 unspecified atom stereocenters. The van der Waals surface area contributed by atoms with Crippen LogP contribution in [0.25, 0.3) is 21.8 Å². The number of nitrogens with one attached hydrogen (secondary N) is 2. The molecule has 0 bridgehead atoms. The average Bonchev–Trinajstić information content (AvgIpc) is 3.30. The quantitative estimate of drug-likeness (QED) is 0.511. The van der Waals surface area contributed by atoms with Crippen LogP contribution in [0.1, 0.15) is 15.9 Å². The Balaban J connectivity index is 1.58. The van der Waals surface area contributed by atoms with Gasteiger partial charge in [-0.05, 0) is 35.6 Å². The minimum Gasteiger partial charge on any atom is -0.507 e. The normalized spacial score (nSPS) is 13.3. The van der Waals surface area contributed by atoms with Gasteiger partial charge in [0.1, 0.15) is 5.75 Å². The first-order chi connectivity index (χ1) is 13.2. The smallest absolute Gasteiger partial charge is 0.258 e. The van der Waals surface area contributed by atoms with Gasteiger partial charge in [0.2, 0.25) is 5.95 Å². The van der Waals surface area contributed by atoms with Crippen LogP contribution < -0.4 is 10.2 Å². The van der Waals surface area contributed by atoms with Crippen molar-refractivity contribution in [3.05, 3.63) is 59.7 Å². The number of H-pyrrole nitrogens is 1. The molecule has 0 spiro atoms. The maximum Gasteiger partial charge on any atom is 0.258 e. The van der Waals surface area contributed by atoms with E-state index in [9.17, 15) is 9.90 Å². The van der Waals surface area contributed by atoms with Crippen molar-refractivity contribution in [1.82, 2.24) is 9.97 Å². The number of fused-ring (bicyclic) bond motifs is 4. The highest BCUT2D eigenvalue weighted by atomic mass is 16.3. The van der Waals surface area contributed by atoms with Crippen LogP contribution >= 0.6 is 0 Å². The van der Waals surface area contributed by atoms with Crippen molar-refractivity contribution in [3.8, 4) is 5.75 Å². The van der Waals surface area contributed by atoms with E-state index in [1.54, 1.807) is 24.1 Å². The van der Waals surface area contributed by atoms with Gasteiger partial charge in [0.25, 0.3) is 5.91 Å². The summed E-state index contributed by atoms with van der Waals surface area (Å²) in [5, 5.41) is 15.2. The van der Waals surface area contributed by atoms with Gasteiger partial charge in [0, 0.05) is 30.6 Å². The number of aromatic hydroxyl groups is 1. The monoisotopic (exact) mass is 358 g/mol. The SMILES string of the molecule is CNc1nc2ccc(C(=O)N3CCc4c3cc(O)c3ccccc43)cc2[nH]1. The molecule has 1 aliphatic heterocycles. The Morgan fingerprint density at radius 3 is 2.81 bits per heavy atom. The van der Waals surface area contributed by atoms with Gasteiger partial charge in [-0.2, -0.15) is 0 Å². The lowest BCUT2D eigenvalue weighted by molar-refractivity contribution is 0.0989. The van der Waals surface area contributed by atoms with E-state index in [4.69, 9.17) is 0 Å². The van der Waals surface area contributed by atoms with Gasteiger partial charge in [0.15, 0.2) is 0 Å². The maximum absolute atomic E-state index is 13.2. The van der Waals surface area contributed by atoms with Crippen LogP contribution in [-0.2, 0) is 6.42 Å². The van der Waals surface area contributed by atoms with Gasteiger partial charge in [-0.15, -0.1) is 0 Å². The molecule has 1 aliphatic rings. The molecule has 3 N–H and O–H groups in total. The van der Waals surface area contributed by atoms with Crippen molar-refractivity contribution >= 4 is 39.3 Å². The van der Waals surface area contributed by atoms with E-state index < -0.39 is 0 Å². The van der Waals surface area contributed by atoms with Crippen molar-refractivity contribution < 1.29 is 9.90 Å². The van der Waals surface area contributed by atoms with E-state index in [-0.39, 0.29) is 11.7 Å². The lowest BCUT2D eigenvalue weighted by Crippen LogP contribution is -2.28. The third-order valence-electron chi connectivity index (χ3n) is 5.20. The Labute approximate surface area is 155 Å². The number of hydrogen-bond donors (Lipinski definition) is 3. The summed E-state index contributed by atoms with van der Waals surface area (Å²) < 4.78 is 0. The number of nitrogens with zero attached hydrogens (tertiary/aromatic N) is 2. The highest BCUT2D eigenvalue weighted by Crippen LogP contribution is 2.40. The third kappa shape index (κ3) is 2.33. The summed E-state index contributed by atoms with van der Waals surface area (Å²) in [4.78, 5) is 22.5. The number of aromatic nitrogens is 2. The standard InChI is InChI=1S/C21H18N4O2/c1-22-21-23-16-7-6-12(10-17(16)24-21)20(27)25-9-8-14-13-4-2-3-5-15(13)19(26)11-18(14)25/h2-7,10-11,26H,8-9H2,1H3,(H2,22,23,24). The number of amides is 1. The molecule has 0 atom stereocenters. The zero-order valence-corrected chi connectivity index (χ0v) is 14.8. The maximum atomic E-state index is 13.2. The number of rotatable bonds is 2. The van der Waals surface area contributed by atoms with Crippen LogP contribution in [-0.4, -0.2) is 34.6 Å². The van der Waals surface area contributed by atoms with Gasteiger partial charge >= 0.3 is 0 Å². The number of phenols is 1. The number of carbonyl (C=O) groups excluding carboxylic acids is 1. The summed E-state index contributed by atoms with van der Waals surface area (Å²) in [5.74, 6) is 0.787. The molecule has 0 fully saturated rings. The molecule has 3 aromatic carbocycles. The van der Waals surface area contributed by atoms with Crippen LogP contribution in [0.4, 0.5) is 11.6 Å². The molecule has 0 saturated carbocycles. The van der Waals surface area contributed by atoms with Crippen LogP contribution in [0.2, 0.25) is 0 Å². The Morgan fingerprint density at radius 2 is 2.00 bits per heavy atom. The molecule has 2 heterocycles. The molecule has 6 nitrogen and oxygen atoms in total. The molecule has 0 aliphatic carbocycles. The van der Waals surface area contributed by atoms with Crippen LogP contribution in [0.5, 0.6) is 5.75 Å². The predicted octanol–water partition coefficient (Wildman–Crippen LogP) is 3.67. The molecule has 1 amide bonds. The summed E-state index contributed by atoms with van der Waals surface area (Å²) in [7, 11) is 1.79. The van der Waals surface area contributed by atoms with E-state index in [0.717, 1.165) is 39.5 Å². The highest BCUT2D eigenvalue weighted by Gasteiger charge is 2.28. The Morgan fingerprint density at radius 1 is 1.19 bits per heavy atom. The molecule has 134 valence electrons. The van der Waals surface area contributed by atoms with E-state index in [0.29, 0.717) is 18.1 Å². The number of carbonyl (C=O) groups is 1. The molecule has 0 radical (unpaired) electrons. The lowest BCUT2D eigenvalue weighted by Gasteiger charge is -2.18. The summed E-state index contributed by atoms with van der Waals surface area (Å²) >= 11 is 0. The average molecular weight is 358 g/mol. The summed E-state index contributed by atoms with van der Waals surface area (Å²) in [6.07, 6.45) is 0.776. The predicted molar refractivity (Wildman–Crippen MR) is 107 cm³/mol. The fourth-order valence-electron chi connectivity index (χ4n) is 3.88. The van der Waals surface area contributed by atoms with Crippen molar-refractivity contribution in [2.75, 3.05) is 23.8 Å². The molecule has 1 aromatic heterocycles. The number of hydrogen-bond acceptors (Lipinski definition) is 4. The van der Waals surface area contributed by atoms with Gasteiger partial charge < -0.3 is 20.3 Å². The first-order valence-corrected chi connectivity index (χ1v) is 8.88. The van der Waals surface area contributed by atoms with Gasteiger partial charge in [0.05, 0.1) is 16.7 Å². The van der Waals surface area contributed by atoms with Crippen molar-refractivity contribution in [3.63, 3.8) is 0 Å². The molecular formula is C21H18N4O2. The molecular weight excluding hydrogens is 340 g/mol. The summed E-state index contributed by atoms with van der Waals surface area (Å²) in [6.45, 7) is 0.602. The zero-order chi connectivity index (χ0) is 18.5. The second-order valence-corrected chi connectivity index (χ2v) is 6.71. The number of phenolic OH excluding ortho intramolecular Hbond substituents is 1. The number of aromatic amines is 1. The van der Waals surface area contributed by atoms with Gasteiger partial charge in [-0.3, -0.25) is 4.79 Å². The largest absolute Gasteiger partial charge is 0.507 e. The van der Waals surface area contributed by atoms with E-state index in [1.807, 2.05) is 36.4 Å². The van der Waals surface area contributed by atoms with Crippen LogP contribution in [0.15, 0.2) is 48.5 Å². The minimum absolute atomic E-state index is 0.0778. The summed E-state index contributed by atoms with van der Waals surface area (Å²) in [6, 6.07) is 14.9. The van der Waals surface area contributed by atoms with Crippen LogP contribution in [0, 0.1) is 0 Å². The molecule has 0 saturated heterocycles. The Kier molecular flexibility index (Phi) is 3.33. The number of imidazole rings is 1. The minimum atomic E-state index is -0.0778. The first-order valence-electron chi connectivity index (χ1n) is 8.88. The third-order valence-corrected chi connectivity index (χ3v) is 5.20. The zero-order valence-electron chi connectivity index (χ0n) is 14.8. The van der Waals surface area contributed by atoms with Gasteiger partial charge in [-0.25, -0.2) is 4.98 Å². The first kappa shape index (κ1) is 15.7.